The number of aromatic nitrogens is 2. The van der Waals surface area contributed by atoms with Gasteiger partial charge in [0, 0.05) is 24.9 Å². The van der Waals surface area contributed by atoms with E-state index in [9.17, 15) is 4.79 Å². The first-order chi connectivity index (χ1) is 6.24. The van der Waals surface area contributed by atoms with Crippen LogP contribution < -0.4 is 0 Å². The zero-order valence-corrected chi connectivity index (χ0v) is 7.47. The Bertz CT molecular complexity index is 332. The Morgan fingerprint density at radius 1 is 1.85 bits per heavy atom. The van der Waals surface area contributed by atoms with Gasteiger partial charge in [-0.1, -0.05) is 0 Å². The first-order valence-electron chi connectivity index (χ1n) is 4.48. The van der Waals surface area contributed by atoms with Crippen molar-refractivity contribution in [1.82, 2.24) is 9.55 Å². The molecule has 0 aromatic carbocycles. The molecule has 13 heavy (non-hydrogen) atoms. The fraction of sp³-hybridized carbons (Fsp3) is 0.556. The maximum absolute atomic E-state index is 10.6. The van der Waals surface area contributed by atoms with Crippen molar-refractivity contribution in [3.8, 4) is 0 Å². The van der Waals surface area contributed by atoms with Crippen molar-refractivity contribution in [2.45, 2.75) is 25.8 Å². The molecule has 4 heteroatoms. The minimum Gasteiger partial charge on any atom is -0.481 e. The van der Waals surface area contributed by atoms with Crippen molar-refractivity contribution in [2.75, 3.05) is 0 Å². The van der Waals surface area contributed by atoms with Crippen LogP contribution in [0.15, 0.2) is 12.4 Å². The van der Waals surface area contributed by atoms with Crippen LogP contribution in [-0.4, -0.2) is 20.6 Å². The molecular formula is C9H12N2O2. The number of aliphatic carboxylic acids is 1. The van der Waals surface area contributed by atoms with Gasteiger partial charge in [-0.15, -0.1) is 0 Å². The van der Waals surface area contributed by atoms with E-state index in [1.807, 2.05) is 17.7 Å². The molecule has 1 aliphatic carbocycles. The van der Waals surface area contributed by atoms with E-state index in [0.29, 0.717) is 0 Å². The molecule has 0 saturated heterocycles. The van der Waals surface area contributed by atoms with Gasteiger partial charge in [0.15, 0.2) is 0 Å². The van der Waals surface area contributed by atoms with Crippen LogP contribution >= 0.6 is 0 Å². The van der Waals surface area contributed by atoms with Gasteiger partial charge < -0.3 is 9.67 Å². The molecule has 4 nitrogen and oxygen atoms in total. The second-order valence-corrected chi connectivity index (χ2v) is 3.36. The maximum atomic E-state index is 10.6. The van der Waals surface area contributed by atoms with Gasteiger partial charge in [0.2, 0.25) is 0 Å². The highest BCUT2D eigenvalue weighted by Gasteiger charge is 2.46. The quantitative estimate of drug-likeness (QED) is 0.757. The van der Waals surface area contributed by atoms with Gasteiger partial charge >= 0.3 is 5.97 Å². The van der Waals surface area contributed by atoms with Gasteiger partial charge in [0.05, 0.1) is 5.92 Å². The molecule has 70 valence electrons. The Kier molecular flexibility index (Phi) is 1.83. The van der Waals surface area contributed by atoms with Crippen LogP contribution in [0.25, 0.3) is 0 Å². The van der Waals surface area contributed by atoms with Crippen molar-refractivity contribution >= 4 is 5.97 Å². The summed E-state index contributed by atoms with van der Waals surface area (Å²) in [5.74, 6) is 0.172. The zero-order valence-electron chi connectivity index (χ0n) is 7.47. The third-order valence-electron chi connectivity index (χ3n) is 2.53. The first kappa shape index (κ1) is 8.29. The SMILES string of the molecule is CCn1ccnc1C1CC1C(=O)O. The van der Waals surface area contributed by atoms with E-state index in [-0.39, 0.29) is 11.8 Å². The molecule has 1 aliphatic rings. The summed E-state index contributed by atoms with van der Waals surface area (Å²) < 4.78 is 2.01. The van der Waals surface area contributed by atoms with Gasteiger partial charge in [-0.3, -0.25) is 4.79 Å². The minimum atomic E-state index is -0.698. The van der Waals surface area contributed by atoms with Gasteiger partial charge in [0.1, 0.15) is 5.82 Å². The summed E-state index contributed by atoms with van der Waals surface area (Å²) in [6.45, 7) is 2.89. The number of hydrogen-bond donors (Lipinski definition) is 1. The summed E-state index contributed by atoms with van der Waals surface area (Å²) in [5, 5.41) is 8.75. The number of rotatable bonds is 3. The Balaban J connectivity index is 2.15. The summed E-state index contributed by atoms with van der Waals surface area (Å²) in [6, 6.07) is 0. The normalized spacial score (nSPS) is 25.9. The van der Waals surface area contributed by atoms with E-state index in [4.69, 9.17) is 5.11 Å². The molecule has 0 amide bonds. The number of carbonyl (C=O) groups is 1. The molecule has 0 spiro atoms. The van der Waals surface area contributed by atoms with Crippen LogP contribution in [0, 0.1) is 5.92 Å². The van der Waals surface area contributed by atoms with Crippen LogP contribution in [0.3, 0.4) is 0 Å². The van der Waals surface area contributed by atoms with Crippen LogP contribution in [-0.2, 0) is 11.3 Å². The van der Waals surface area contributed by atoms with Crippen LogP contribution in [0.4, 0.5) is 0 Å². The van der Waals surface area contributed by atoms with Gasteiger partial charge in [0.25, 0.3) is 0 Å². The third kappa shape index (κ3) is 1.32. The first-order valence-corrected chi connectivity index (χ1v) is 4.48. The van der Waals surface area contributed by atoms with E-state index >= 15 is 0 Å². The molecule has 0 bridgehead atoms. The molecule has 1 N–H and O–H groups in total. The van der Waals surface area contributed by atoms with Crippen LogP contribution in [0.2, 0.25) is 0 Å². The van der Waals surface area contributed by atoms with E-state index in [1.165, 1.54) is 0 Å². The molecule has 2 atom stereocenters. The summed E-state index contributed by atoms with van der Waals surface area (Å²) in [6.07, 6.45) is 4.37. The zero-order chi connectivity index (χ0) is 9.42. The molecule has 0 aliphatic heterocycles. The largest absolute Gasteiger partial charge is 0.481 e. The standard InChI is InChI=1S/C9H12N2O2/c1-2-11-4-3-10-8(11)6-5-7(6)9(12)13/h3-4,6-7H,2,5H2,1H3,(H,12,13). The number of imidazole rings is 1. The number of hydrogen-bond acceptors (Lipinski definition) is 2. The lowest BCUT2D eigenvalue weighted by Crippen LogP contribution is -2.04. The second kappa shape index (κ2) is 2.87. The Morgan fingerprint density at radius 2 is 2.62 bits per heavy atom. The highest BCUT2D eigenvalue weighted by atomic mass is 16.4. The molecule has 0 radical (unpaired) electrons. The average molecular weight is 180 g/mol. The molecular weight excluding hydrogens is 168 g/mol. The highest BCUT2D eigenvalue weighted by molar-refractivity contribution is 5.74. The Morgan fingerprint density at radius 3 is 3.15 bits per heavy atom. The van der Waals surface area contributed by atoms with Crippen LogP contribution in [0.1, 0.15) is 25.1 Å². The fourth-order valence-electron chi connectivity index (χ4n) is 1.67. The molecule has 1 aromatic rings. The topological polar surface area (TPSA) is 55.1 Å². The Hall–Kier alpha value is -1.32. The van der Waals surface area contributed by atoms with Crippen molar-refractivity contribution in [3.63, 3.8) is 0 Å². The molecule has 2 rings (SSSR count). The van der Waals surface area contributed by atoms with Gasteiger partial charge in [-0.05, 0) is 13.3 Å². The predicted molar refractivity (Wildman–Crippen MR) is 46.4 cm³/mol. The number of nitrogens with zero attached hydrogens (tertiary/aromatic N) is 2. The number of aryl methyl sites for hydroxylation is 1. The van der Waals surface area contributed by atoms with Gasteiger partial charge in [-0.2, -0.15) is 0 Å². The van der Waals surface area contributed by atoms with E-state index in [2.05, 4.69) is 4.98 Å². The lowest BCUT2D eigenvalue weighted by molar-refractivity contribution is -0.138. The molecule has 1 fully saturated rings. The predicted octanol–water partition coefficient (Wildman–Crippen LogP) is 1.09. The van der Waals surface area contributed by atoms with Gasteiger partial charge in [-0.25, -0.2) is 4.98 Å². The lowest BCUT2D eigenvalue weighted by atomic mass is 10.3. The number of carboxylic acids is 1. The minimum absolute atomic E-state index is 0.146. The molecule has 1 saturated carbocycles. The van der Waals surface area contributed by atoms with E-state index in [1.54, 1.807) is 6.20 Å². The fourth-order valence-corrected chi connectivity index (χ4v) is 1.67. The summed E-state index contributed by atoms with van der Waals surface area (Å²) in [7, 11) is 0. The third-order valence-corrected chi connectivity index (χ3v) is 2.53. The number of carboxylic acid groups (broad SMARTS) is 1. The molecule has 1 heterocycles. The van der Waals surface area contributed by atoms with Crippen molar-refractivity contribution in [2.24, 2.45) is 5.92 Å². The van der Waals surface area contributed by atoms with Crippen molar-refractivity contribution < 1.29 is 9.90 Å². The second-order valence-electron chi connectivity index (χ2n) is 3.36. The van der Waals surface area contributed by atoms with Crippen molar-refractivity contribution in [3.05, 3.63) is 18.2 Å². The summed E-state index contributed by atoms with van der Waals surface area (Å²) in [5.41, 5.74) is 0. The van der Waals surface area contributed by atoms with Crippen LogP contribution in [0.5, 0.6) is 0 Å². The van der Waals surface area contributed by atoms with Crippen molar-refractivity contribution in [1.29, 1.82) is 0 Å². The van der Waals surface area contributed by atoms with E-state index < -0.39 is 5.97 Å². The summed E-state index contributed by atoms with van der Waals surface area (Å²) in [4.78, 5) is 14.8. The lowest BCUT2D eigenvalue weighted by Gasteiger charge is -2.01. The van der Waals surface area contributed by atoms with E-state index in [0.717, 1.165) is 18.8 Å². The molecule has 2 unspecified atom stereocenters. The highest BCUT2D eigenvalue weighted by Crippen LogP contribution is 2.46. The monoisotopic (exact) mass is 180 g/mol. The maximum Gasteiger partial charge on any atom is 0.307 e. The molecule has 1 aromatic heterocycles. The summed E-state index contributed by atoms with van der Waals surface area (Å²) >= 11 is 0. The Labute approximate surface area is 76.2 Å². The average Bonchev–Trinajstić information content (AvgIpc) is 2.77. The smallest absolute Gasteiger partial charge is 0.307 e.